The number of nitrogens with one attached hydrogen (secondary N) is 1. The van der Waals surface area contributed by atoms with Gasteiger partial charge in [0.15, 0.2) is 6.23 Å². The van der Waals surface area contributed by atoms with Gasteiger partial charge < -0.3 is 25.4 Å². The lowest BCUT2D eigenvalue weighted by Gasteiger charge is -2.16. The van der Waals surface area contributed by atoms with E-state index in [-0.39, 0.29) is 0 Å². The van der Waals surface area contributed by atoms with E-state index in [9.17, 15) is 15.0 Å². The smallest absolute Gasteiger partial charge is 0.254 e. The van der Waals surface area contributed by atoms with Crippen molar-refractivity contribution in [3.8, 4) is 0 Å². The van der Waals surface area contributed by atoms with E-state index in [1.165, 1.54) is 12.4 Å². The Morgan fingerprint density at radius 2 is 2.22 bits per heavy atom. The first-order chi connectivity index (χ1) is 8.63. The number of aliphatic hydroxyl groups excluding tert-OH is 3. The third-order valence-corrected chi connectivity index (χ3v) is 2.74. The first-order valence-electron chi connectivity index (χ1n) is 5.47. The van der Waals surface area contributed by atoms with Crippen molar-refractivity contribution in [2.75, 3.05) is 6.61 Å². The van der Waals surface area contributed by atoms with Gasteiger partial charge in [-0.25, -0.2) is 0 Å². The highest BCUT2D eigenvalue weighted by molar-refractivity contribution is 5.93. The van der Waals surface area contributed by atoms with Gasteiger partial charge in [-0.15, -0.1) is 0 Å². The summed E-state index contributed by atoms with van der Waals surface area (Å²) in [6.07, 6.45) is -1.55. The Balaban J connectivity index is 2.00. The fourth-order valence-electron chi connectivity index (χ4n) is 1.73. The second-order valence-electron chi connectivity index (χ2n) is 3.97. The molecule has 0 saturated carbocycles. The number of amides is 1. The summed E-state index contributed by atoms with van der Waals surface area (Å²) in [5.41, 5.74) is 0.315. The van der Waals surface area contributed by atoms with E-state index in [0.29, 0.717) is 5.56 Å². The van der Waals surface area contributed by atoms with Crippen LogP contribution in [0.4, 0.5) is 0 Å². The molecule has 0 radical (unpaired) electrons. The van der Waals surface area contributed by atoms with Crippen molar-refractivity contribution in [2.24, 2.45) is 0 Å². The Hall–Kier alpha value is -1.54. The Kier molecular flexibility index (Phi) is 3.87. The van der Waals surface area contributed by atoms with Gasteiger partial charge in [0.05, 0.1) is 12.2 Å². The lowest BCUT2D eigenvalue weighted by molar-refractivity contribution is -0.0304. The number of nitrogens with zero attached hydrogens (tertiary/aromatic N) is 1. The molecular weight excluding hydrogens is 240 g/mol. The van der Waals surface area contributed by atoms with E-state index in [4.69, 9.17) is 9.84 Å². The fraction of sp³-hybridized carbons (Fsp3) is 0.455. The maximum absolute atomic E-state index is 11.8. The Morgan fingerprint density at radius 1 is 1.44 bits per heavy atom. The van der Waals surface area contributed by atoms with Gasteiger partial charge in [0.2, 0.25) is 0 Å². The number of pyridine rings is 1. The van der Waals surface area contributed by atoms with Crippen LogP contribution in [0.25, 0.3) is 0 Å². The van der Waals surface area contributed by atoms with Gasteiger partial charge in [0.25, 0.3) is 5.91 Å². The molecule has 0 aliphatic carbocycles. The van der Waals surface area contributed by atoms with Crippen LogP contribution in [0.3, 0.4) is 0 Å². The molecule has 0 spiro atoms. The molecule has 2 rings (SSSR count). The maximum Gasteiger partial charge on any atom is 0.254 e. The van der Waals surface area contributed by atoms with Gasteiger partial charge in [-0.3, -0.25) is 9.78 Å². The number of aromatic nitrogens is 1. The van der Waals surface area contributed by atoms with E-state index < -0.39 is 37.1 Å². The molecule has 18 heavy (non-hydrogen) atoms. The summed E-state index contributed by atoms with van der Waals surface area (Å²) in [6.45, 7) is -0.433. The third kappa shape index (κ3) is 2.49. The zero-order valence-corrected chi connectivity index (χ0v) is 9.43. The average molecular weight is 254 g/mol. The number of aliphatic hydroxyl groups is 3. The zero-order chi connectivity index (χ0) is 13.1. The molecule has 1 fully saturated rings. The van der Waals surface area contributed by atoms with Crippen LogP contribution in [0.15, 0.2) is 24.5 Å². The minimum Gasteiger partial charge on any atom is -0.394 e. The molecule has 0 bridgehead atoms. The molecule has 4 N–H and O–H groups in total. The first kappa shape index (κ1) is 12.9. The molecule has 4 atom stereocenters. The molecule has 0 unspecified atom stereocenters. The topological polar surface area (TPSA) is 112 Å². The predicted octanol–water partition coefficient (Wildman–Crippen LogP) is -1.75. The molecule has 98 valence electrons. The highest BCUT2D eigenvalue weighted by Gasteiger charge is 2.43. The molecule has 2 heterocycles. The van der Waals surface area contributed by atoms with E-state index in [1.54, 1.807) is 12.1 Å². The zero-order valence-electron chi connectivity index (χ0n) is 9.43. The largest absolute Gasteiger partial charge is 0.394 e. The Morgan fingerprint density at radius 3 is 2.78 bits per heavy atom. The summed E-state index contributed by atoms with van der Waals surface area (Å²) in [6, 6.07) is 3.16. The van der Waals surface area contributed by atoms with Crippen molar-refractivity contribution in [3.63, 3.8) is 0 Å². The molecule has 1 aliphatic rings. The van der Waals surface area contributed by atoms with Crippen molar-refractivity contribution in [1.29, 1.82) is 0 Å². The molecule has 7 heteroatoms. The lowest BCUT2D eigenvalue weighted by Crippen LogP contribution is -2.43. The van der Waals surface area contributed by atoms with Crippen molar-refractivity contribution in [1.82, 2.24) is 10.3 Å². The van der Waals surface area contributed by atoms with Crippen LogP contribution in [-0.2, 0) is 4.74 Å². The van der Waals surface area contributed by atoms with Crippen LogP contribution >= 0.6 is 0 Å². The maximum atomic E-state index is 11.8. The van der Waals surface area contributed by atoms with Crippen molar-refractivity contribution in [3.05, 3.63) is 30.1 Å². The normalized spacial score (nSPS) is 31.3. The van der Waals surface area contributed by atoms with Crippen molar-refractivity contribution >= 4 is 5.91 Å². The summed E-state index contributed by atoms with van der Waals surface area (Å²) in [5, 5.41) is 30.5. The van der Waals surface area contributed by atoms with Crippen LogP contribution in [0, 0.1) is 0 Å². The quantitative estimate of drug-likeness (QED) is 0.509. The number of carbonyl (C=O) groups excluding carboxylic acids is 1. The highest BCUT2D eigenvalue weighted by Crippen LogP contribution is 2.19. The first-order valence-corrected chi connectivity index (χ1v) is 5.47. The molecule has 1 aromatic rings. The van der Waals surface area contributed by atoms with E-state index in [0.717, 1.165) is 0 Å². The van der Waals surface area contributed by atoms with Crippen molar-refractivity contribution < 1.29 is 24.9 Å². The van der Waals surface area contributed by atoms with Gasteiger partial charge in [0, 0.05) is 12.4 Å². The average Bonchev–Trinajstić information content (AvgIpc) is 2.67. The SMILES string of the molecule is O=C(N[C@@H]1O[C@H](CO)[C@@H](O)[C@H]1O)c1cccnc1. The summed E-state index contributed by atoms with van der Waals surface area (Å²) >= 11 is 0. The van der Waals surface area contributed by atoms with Crippen LogP contribution in [0.5, 0.6) is 0 Å². The number of hydrogen-bond donors (Lipinski definition) is 4. The molecule has 1 aliphatic heterocycles. The number of rotatable bonds is 3. The minimum absolute atomic E-state index is 0.315. The minimum atomic E-state index is -1.28. The van der Waals surface area contributed by atoms with Crippen LogP contribution < -0.4 is 5.32 Å². The number of hydrogen-bond acceptors (Lipinski definition) is 6. The Bertz CT molecular complexity index is 413. The van der Waals surface area contributed by atoms with Gasteiger partial charge in [-0.2, -0.15) is 0 Å². The van der Waals surface area contributed by atoms with Gasteiger partial charge >= 0.3 is 0 Å². The van der Waals surface area contributed by atoms with Crippen LogP contribution in [-0.4, -0.2) is 57.4 Å². The second kappa shape index (κ2) is 5.40. The molecule has 7 nitrogen and oxygen atoms in total. The second-order valence-corrected chi connectivity index (χ2v) is 3.97. The van der Waals surface area contributed by atoms with Crippen LogP contribution in [0.2, 0.25) is 0 Å². The van der Waals surface area contributed by atoms with E-state index in [1.807, 2.05) is 0 Å². The van der Waals surface area contributed by atoms with Gasteiger partial charge in [-0.05, 0) is 12.1 Å². The summed E-state index contributed by atoms with van der Waals surface area (Å²) in [5.74, 6) is -0.474. The molecule has 1 aromatic heterocycles. The van der Waals surface area contributed by atoms with E-state index >= 15 is 0 Å². The summed E-state index contributed by atoms with van der Waals surface area (Å²) in [4.78, 5) is 15.6. The molecule has 1 amide bonds. The summed E-state index contributed by atoms with van der Waals surface area (Å²) < 4.78 is 5.12. The van der Waals surface area contributed by atoms with Gasteiger partial charge in [0.1, 0.15) is 18.3 Å². The number of carbonyl (C=O) groups is 1. The Labute approximate surface area is 103 Å². The summed E-state index contributed by atoms with van der Waals surface area (Å²) in [7, 11) is 0. The predicted molar refractivity (Wildman–Crippen MR) is 59.5 cm³/mol. The number of ether oxygens (including phenoxy) is 1. The monoisotopic (exact) mass is 254 g/mol. The standard InChI is InChI=1S/C11H14N2O5/c14-5-7-8(15)9(16)11(18-7)13-10(17)6-2-1-3-12-4-6/h1-4,7-9,11,14-16H,5H2,(H,13,17)/t7-,8-,9-,11-/m1/s1. The molecular formula is C11H14N2O5. The molecule has 0 aromatic carbocycles. The van der Waals surface area contributed by atoms with E-state index in [2.05, 4.69) is 10.3 Å². The molecule has 1 saturated heterocycles. The third-order valence-electron chi connectivity index (χ3n) is 2.74. The van der Waals surface area contributed by atoms with Gasteiger partial charge in [-0.1, -0.05) is 0 Å². The van der Waals surface area contributed by atoms with Crippen molar-refractivity contribution in [2.45, 2.75) is 24.5 Å². The highest BCUT2D eigenvalue weighted by atomic mass is 16.6. The fourth-order valence-corrected chi connectivity index (χ4v) is 1.73. The van der Waals surface area contributed by atoms with Crippen LogP contribution in [0.1, 0.15) is 10.4 Å². The lowest BCUT2D eigenvalue weighted by atomic mass is 10.1.